The minimum atomic E-state index is -0.927. The van der Waals surface area contributed by atoms with Gasteiger partial charge in [0.25, 0.3) is 0 Å². The molecule has 4 nitrogen and oxygen atoms in total. The van der Waals surface area contributed by atoms with Gasteiger partial charge in [-0.3, -0.25) is 0 Å². The van der Waals surface area contributed by atoms with E-state index >= 15 is 0 Å². The van der Waals surface area contributed by atoms with Crippen LogP contribution < -0.4 is 5.73 Å². The number of nitriles is 1. The van der Waals surface area contributed by atoms with Gasteiger partial charge < -0.3 is 10.5 Å². The summed E-state index contributed by atoms with van der Waals surface area (Å²) in [5.41, 5.74) is 3.95. The molecule has 1 aliphatic rings. The lowest BCUT2D eigenvalue weighted by molar-refractivity contribution is 0.0318. The summed E-state index contributed by atoms with van der Waals surface area (Å²) in [7, 11) is 0. The fourth-order valence-corrected chi connectivity index (χ4v) is 1.55. The molecule has 0 heterocycles. The van der Waals surface area contributed by atoms with Gasteiger partial charge in [0.1, 0.15) is 6.07 Å². The molecule has 0 radical (unpaired) electrons. The topological polar surface area (TPSA) is 76.1 Å². The van der Waals surface area contributed by atoms with Crippen molar-refractivity contribution in [3.05, 3.63) is 0 Å². The maximum absolute atomic E-state index is 10.5. The van der Waals surface area contributed by atoms with Gasteiger partial charge in [0.2, 0.25) is 0 Å². The predicted octanol–water partition coefficient (Wildman–Crippen LogP) is 1.31. The summed E-state index contributed by atoms with van der Waals surface area (Å²) in [6.45, 7) is 0. The molecule has 0 aromatic heterocycles. The molecular formula is C8H12N2O2. The zero-order valence-corrected chi connectivity index (χ0v) is 6.88. The van der Waals surface area contributed by atoms with Crippen LogP contribution in [0, 0.1) is 11.3 Å². The van der Waals surface area contributed by atoms with Crippen LogP contribution >= 0.6 is 0 Å². The zero-order chi connectivity index (χ0) is 9.03. The third-order valence-corrected chi connectivity index (χ3v) is 2.16. The Morgan fingerprint density at radius 2 is 2.00 bits per heavy atom. The molecule has 0 aromatic rings. The fraction of sp³-hybridized carbons (Fsp3) is 0.750. The number of carbonyl (C=O) groups is 1. The van der Waals surface area contributed by atoms with Gasteiger partial charge in [-0.1, -0.05) is 6.42 Å². The molecule has 4 heteroatoms. The second kappa shape index (κ2) is 3.44. The van der Waals surface area contributed by atoms with Crippen molar-refractivity contribution in [3.8, 4) is 6.07 Å². The minimum absolute atomic E-state index is 0.618. The molecule has 1 rings (SSSR count). The van der Waals surface area contributed by atoms with E-state index in [1.807, 2.05) is 6.07 Å². The smallest absolute Gasteiger partial charge is 0.406 e. The summed E-state index contributed by atoms with van der Waals surface area (Å²) < 4.78 is 4.81. The van der Waals surface area contributed by atoms with Crippen molar-refractivity contribution in [1.82, 2.24) is 0 Å². The number of amides is 1. The lowest BCUT2D eigenvalue weighted by Gasteiger charge is -2.29. The van der Waals surface area contributed by atoms with Crippen molar-refractivity contribution in [2.75, 3.05) is 0 Å². The minimum Gasteiger partial charge on any atom is -0.428 e. The second-order valence-corrected chi connectivity index (χ2v) is 3.09. The van der Waals surface area contributed by atoms with Gasteiger partial charge in [-0.2, -0.15) is 5.26 Å². The summed E-state index contributed by atoms with van der Waals surface area (Å²) in [5.74, 6) is 0. The Labute approximate surface area is 71.3 Å². The van der Waals surface area contributed by atoms with Crippen LogP contribution in [0.1, 0.15) is 32.1 Å². The third kappa shape index (κ3) is 1.88. The van der Waals surface area contributed by atoms with Gasteiger partial charge in [-0.05, 0) is 12.8 Å². The van der Waals surface area contributed by atoms with E-state index in [-0.39, 0.29) is 0 Å². The van der Waals surface area contributed by atoms with Gasteiger partial charge in [0.15, 0.2) is 5.60 Å². The van der Waals surface area contributed by atoms with Gasteiger partial charge in [-0.25, -0.2) is 4.79 Å². The number of nitrogens with two attached hydrogens (primary N) is 1. The number of nitrogens with zero attached hydrogens (tertiary/aromatic N) is 1. The highest BCUT2D eigenvalue weighted by atomic mass is 16.6. The molecule has 1 saturated carbocycles. The number of carbonyl (C=O) groups excluding carboxylic acids is 1. The van der Waals surface area contributed by atoms with E-state index in [1.54, 1.807) is 0 Å². The Kier molecular flexibility index (Phi) is 2.54. The van der Waals surface area contributed by atoms with E-state index in [9.17, 15) is 4.79 Å². The lowest BCUT2D eigenvalue weighted by atomic mass is 9.86. The zero-order valence-electron chi connectivity index (χ0n) is 6.88. The molecule has 0 aliphatic heterocycles. The second-order valence-electron chi connectivity index (χ2n) is 3.09. The van der Waals surface area contributed by atoms with Gasteiger partial charge in [0, 0.05) is 12.8 Å². The van der Waals surface area contributed by atoms with Crippen LogP contribution in [0.5, 0.6) is 0 Å². The van der Waals surface area contributed by atoms with Crippen molar-refractivity contribution in [2.24, 2.45) is 5.73 Å². The highest BCUT2D eigenvalue weighted by molar-refractivity contribution is 5.65. The van der Waals surface area contributed by atoms with Crippen molar-refractivity contribution >= 4 is 6.09 Å². The van der Waals surface area contributed by atoms with E-state index in [1.165, 1.54) is 0 Å². The van der Waals surface area contributed by atoms with Crippen LogP contribution in [0.15, 0.2) is 0 Å². The van der Waals surface area contributed by atoms with Crippen LogP contribution in [0.4, 0.5) is 4.79 Å². The Balaban J connectivity index is 2.61. The maximum Gasteiger partial charge on any atom is 0.406 e. The highest BCUT2D eigenvalue weighted by Crippen LogP contribution is 2.30. The summed E-state index contributed by atoms with van der Waals surface area (Å²) in [4.78, 5) is 10.5. The van der Waals surface area contributed by atoms with Crippen LogP contribution in [-0.4, -0.2) is 11.7 Å². The summed E-state index contributed by atoms with van der Waals surface area (Å²) in [6, 6.07) is 2.03. The maximum atomic E-state index is 10.5. The Hall–Kier alpha value is -1.24. The number of primary amides is 1. The molecule has 1 fully saturated rings. The predicted molar refractivity (Wildman–Crippen MR) is 42.1 cm³/mol. The molecule has 0 unspecified atom stereocenters. The summed E-state index contributed by atoms with van der Waals surface area (Å²) >= 11 is 0. The molecule has 0 aromatic carbocycles. The van der Waals surface area contributed by atoms with E-state index < -0.39 is 11.7 Å². The number of hydrogen-bond donors (Lipinski definition) is 1. The number of ether oxygens (including phenoxy) is 1. The van der Waals surface area contributed by atoms with Crippen LogP contribution in [0.2, 0.25) is 0 Å². The van der Waals surface area contributed by atoms with Gasteiger partial charge in [-0.15, -0.1) is 0 Å². The molecule has 1 amide bonds. The van der Waals surface area contributed by atoms with Crippen molar-refractivity contribution in [2.45, 2.75) is 37.7 Å². The molecular weight excluding hydrogens is 156 g/mol. The van der Waals surface area contributed by atoms with E-state index in [2.05, 4.69) is 0 Å². The molecule has 66 valence electrons. The number of hydrogen-bond acceptors (Lipinski definition) is 3. The first-order valence-electron chi connectivity index (χ1n) is 4.08. The van der Waals surface area contributed by atoms with Gasteiger partial charge in [0.05, 0.1) is 0 Å². The van der Waals surface area contributed by atoms with Crippen molar-refractivity contribution in [1.29, 1.82) is 5.26 Å². The first-order chi connectivity index (χ1) is 5.68. The average molecular weight is 168 g/mol. The first-order valence-corrected chi connectivity index (χ1v) is 4.08. The molecule has 0 spiro atoms. The quantitative estimate of drug-likeness (QED) is 0.641. The van der Waals surface area contributed by atoms with Crippen LogP contribution in [-0.2, 0) is 4.74 Å². The molecule has 0 bridgehead atoms. The number of rotatable bonds is 1. The van der Waals surface area contributed by atoms with E-state index in [4.69, 9.17) is 15.7 Å². The lowest BCUT2D eigenvalue weighted by Crippen LogP contribution is -2.37. The average Bonchev–Trinajstić information content (AvgIpc) is 2.05. The molecule has 2 N–H and O–H groups in total. The third-order valence-electron chi connectivity index (χ3n) is 2.16. The summed E-state index contributed by atoms with van der Waals surface area (Å²) in [5, 5.41) is 8.81. The molecule has 1 aliphatic carbocycles. The monoisotopic (exact) mass is 168 g/mol. The van der Waals surface area contributed by atoms with Crippen LogP contribution in [0.25, 0.3) is 0 Å². The molecule has 0 saturated heterocycles. The van der Waals surface area contributed by atoms with Crippen molar-refractivity contribution < 1.29 is 9.53 Å². The fourth-order valence-electron chi connectivity index (χ4n) is 1.55. The Morgan fingerprint density at radius 1 is 1.42 bits per heavy atom. The summed E-state index contributed by atoms with van der Waals surface area (Å²) in [6.07, 6.45) is 3.35. The Bertz CT molecular complexity index is 214. The van der Waals surface area contributed by atoms with E-state index in [0.717, 1.165) is 19.3 Å². The molecule has 12 heavy (non-hydrogen) atoms. The Morgan fingerprint density at radius 3 is 2.42 bits per heavy atom. The largest absolute Gasteiger partial charge is 0.428 e. The van der Waals surface area contributed by atoms with E-state index in [0.29, 0.717) is 12.8 Å². The van der Waals surface area contributed by atoms with Gasteiger partial charge >= 0.3 is 6.09 Å². The highest BCUT2D eigenvalue weighted by Gasteiger charge is 2.35. The SMILES string of the molecule is N#CC1(OC(N)=O)CCCCC1. The first kappa shape index (κ1) is 8.85. The molecule has 0 atom stereocenters. The van der Waals surface area contributed by atoms with Crippen molar-refractivity contribution in [3.63, 3.8) is 0 Å². The standard InChI is InChI=1S/C8H12N2O2/c9-6-8(12-7(10)11)4-2-1-3-5-8/h1-5H2,(H2,10,11). The van der Waals surface area contributed by atoms with Crippen LogP contribution in [0.3, 0.4) is 0 Å². The normalized spacial score (nSPS) is 20.9.